The number of hydrogen-bond donors (Lipinski definition) is 2. The van der Waals surface area contributed by atoms with Crippen LogP contribution in [0.2, 0.25) is 0 Å². The number of aromatic amines is 1. The van der Waals surface area contributed by atoms with Gasteiger partial charge in [0.25, 0.3) is 5.91 Å². The third-order valence-electron chi connectivity index (χ3n) is 5.88. The highest BCUT2D eigenvalue weighted by molar-refractivity contribution is 6.08. The number of phenolic OH excluding ortho intramolecular Hbond substituents is 1. The molecule has 0 bridgehead atoms. The molecule has 0 radical (unpaired) electrons. The van der Waals surface area contributed by atoms with Gasteiger partial charge in [-0.1, -0.05) is 30.3 Å². The first-order valence-electron chi connectivity index (χ1n) is 8.91. The summed E-state index contributed by atoms with van der Waals surface area (Å²) < 4.78 is 0. The van der Waals surface area contributed by atoms with Crippen LogP contribution < -0.4 is 0 Å². The highest BCUT2D eigenvalue weighted by Gasteiger charge is 2.59. The Bertz CT molecular complexity index is 1120. The maximum absolute atomic E-state index is 13.0. The summed E-state index contributed by atoms with van der Waals surface area (Å²) >= 11 is 0. The quantitative estimate of drug-likeness (QED) is 0.654. The fourth-order valence-corrected chi connectivity index (χ4v) is 4.61. The van der Waals surface area contributed by atoms with Crippen molar-refractivity contribution in [2.75, 3.05) is 7.05 Å². The molecule has 0 unspecified atom stereocenters. The molecule has 6 nitrogen and oxygen atoms in total. The minimum Gasteiger partial charge on any atom is -0.508 e. The van der Waals surface area contributed by atoms with Crippen LogP contribution >= 0.6 is 0 Å². The van der Waals surface area contributed by atoms with E-state index in [9.17, 15) is 14.7 Å². The molecule has 136 valence electrons. The minimum absolute atomic E-state index is 0.128. The van der Waals surface area contributed by atoms with Gasteiger partial charge >= 0.3 is 6.03 Å². The first-order valence-corrected chi connectivity index (χ1v) is 8.91. The molecule has 2 aromatic carbocycles. The van der Waals surface area contributed by atoms with Gasteiger partial charge in [0.1, 0.15) is 17.3 Å². The molecule has 3 heterocycles. The first-order chi connectivity index (χ1) is 12.9. The largest absolute Gasteiger partial charge is 0.508 e. The van der Waals surface area contributed by atoms with Crippen molar-refractivity contribution in [1.82, 2.24) is 14.8 Å². The summed E-state index contributed by atoms with van der Waals surface area (Å²) in [7, 11) is 1.53. The molecule has 6 heteroatoms. The molecule has 2 aliphatic heterocycles. The van der Waals surface area contributed by atoms with Crippen LogP contribution in [0.25, 0.3) is 10.9 Å². The van der Waals surface area contributed by atoms with Crippen LogP contribution in [0.1, 0.15) is 29.8 Å². The molecular weight excluding hydrogens is 342 g/mol. The number of benzene rings is 2. The molecule has 3 amide bonds. The second-order valence-electron chi connectivity index (χ2n) is 7.53. The second-order valence-corrected chi connectivity index (χ2v) is 7.53. The van der Waals surface area contributed by atoms with Crippen molar-refractivity contribution in [2.24, 2.45) is 0 Å². The summed E-state index contributed by atoms with van der Waals surface area (Å²) in [5.74, 6) is -0.0719. The maximum Gasteiger partial charge on any atom is 0.328 e. The summed E-state index contributed by atoms with van der Waals surface area (Å²) in [4.78, 5) is 32.3. The topological polar surface area (TPSA) is 76.6 Å². The van der Waals surface area contributed by atoms with Crippen LogP contribution in [0.4, 0.5) is 4.79 Å². The standard InChI is InChI=1S/C21H19N3O3/c1-21-11-15-14-8-3-4-9-16(14)22-17(15)18(12-6-5-7-13(25)10-12)24(21)20(27)23(2)19(21)26/h3-10,18,22,25H,11H2,1-2H3/t18-,21+/m1/s1. The summed E-state index contributed by atoms with van der Waals surface area (Å²) in [6.07, 6.45) is 0.455. The fourth-order valence-electron chi connectivity index (χ4n) is 4.61. The molecule has 2 atom stereocenters. The average Bonchev–Trinajstić information content (AvgIpc) is 3.09. The Morgan fingerprint density at radius 1 is 1.15 bits per heavy atom. The van der Waals surface area contributed by atoms with E-state index in [1.165, 1.54) is 11.9 Å². The van der Waals surface area contributed by atoms with E-state index in [2.05, 4.69) is 4.98 Å². The molecule has 27 heavy (non-hydrogen) atoms. The lowest BCUT2D eigenvalue weighted by Gasteiger charge is -2.42. The number of carbonyl (C=O) groups excluding carboxylic acids is 2. The summed E-state index contributed by atoms with van der Waals surface area (Å²) in [5, 5.41) is 11.1. The lowest BCUT2D eigenvalue weighted by Crippen LogP contribution is -2.53. The molecule has 5 rings (SSSR count). The molecule has 0 saturated carbocycles. The number of H-pyrrole nitrogens is 1. The predicted octanol–water partition coefficient (Wildman–Crippen LogP) is 3.17. The molecule has 2 aliphatic rings. The van der Waals surface area contributed by atoms with Crippen molar-refractivity contribution >= 4 is 22.8 Å². The first kappa shape index (κ1) is 15.9. The Kier molecular flexibility index (Phi) is 3.03. The Labute approximate surface area is 156 Å². The predicted molar refractivity (Wildman–Crippen MR) is 100 cm³/mol. The van der Waals surface area contributed by atoms with Crippen LogP contribution in [-0.4, -0.2) is 44.4 Å². The second kappa shape index (κ2) is 5.13. The zero-order valence-electron chi connectivity index (χ0n) is 15.1. The number of phenols is 1. The van der Waals surface area contributed by atoms with E-state index in [-0.39, 0.29) is 17.7 Å². The number of nitrogens with one attached hydrogen (secondary N) is 1. The van der Waals surface area contributed by atoms with Crippen LogP contribution in [0, 0.1) is 0 Å². The van der Waals surface area contributed by atoms with Gasteiger partial charge in [-0.3, -0.25) is 14.6 Å². The van der Waals surface area contributed by atoms with Gasteiger partial charge in [0, 0.05) is 30.1 Å². The minimum atomic E-state index is -0.958. The fraction of sp³-hybridized carbons (Fsp3) is 0.238. The number of rotatable bonds is 1. The van der Waals surface area contributed by atoms with Crippen LogP contribution in [0.15, 0.2) is 48.5 Å². The van der Waals surface area contributed by atoms with E-state index in [0.29, 0.717) is 6.42 Å². The molecule has 2 N–H and O–H groups in total. The number of likely N-dealkylation sites (N-methyl/N-ethyl adjacent to an activating group) is 1. The van der Waals surface area contributed by atoms with E-state index in [1.807, 2.05) is 37.3 Å². The summed E-state index contributed by atoms with van der Waals surface area (Å²) in [5.41, 5.74) is 2.74. The molecule has 0 aliphatic carbocycles. The number of imide groups is 1. The number of fused-ring (bicyclic) bond motifs is 4. The van der Waals surface area contributed by atoms with Crippen LogP contribution in [0.3, 0.4) is 0 Å². The van der Waals surface area contributed by atoms with Crippen LogP contribution in [0.5, 0.6) is 5.75 Å². The average molecular weight is 361 g/mol. The van der Waals surface area contributed by atoms with E-state index in [1.54, 1.807) is 23.1 Å². The van der Waals surface area contributed by atoms with E-state index < -0.39 is 11.6 Å². The Hall–Kier alpha value is -3.28. The molecule has 0 spiro atoms. The van der Waals surface area contributed by atoms with Gasteiger partial charge in [-0.2, -0.15) is 0 Å². The smallest absolute Gasteiger partial charge is 0.328 e. The van der Waals surface area contributed by atoms with Crippen molar-refractivity contribution in [2.45, 2.75) is 24.9 Å². The van der Waals surface area contributed by atoms with Crippen molar-refractivity contribution in [3.8, 4) is 5.75 Å². The lowest BCUT2D eigenvalue weighted by molar-refractivity contribution is -0.132. The van der Waals surface area contributed by atoms with E-state index in [4.69, 9.17) is 0 Å². The SMILES string of the molecule is CN1C(=O)N2[C@H](c3cccc(O)c3)c3[nH]c4ccccc4c3C[C@@]2(C)C1=O. The van der Waals surface area contributed by atoms with Gasteiger partial charge in [0.05, 0.1) is 0 Å². The van der Waals surface area contributed by atoms with Gasteiger partial charge in [0.2, 0.25) is 0 Å². The number of nitrogens with zero attached hydrogens (tertiary/aromatic N) is 2. The molecule has 1 fully saturated rings. The monoisotopic (exact) mass is 361 g/mol. The normalized spacial score (nSPS) is 24.4. The highest BCUT2D eigenvalue weighted by atomic mass is 16.3. The number of aromatic nitrogens is 1. The van der Waals surface area contributed by atoms with Gasteiger partial charge in [-0.25, -0.2) is 4.79 Å². The van der Waals surface area contributed by atoms with Gasteiger partial charge in [0.15, 0.2) is 0 Å². The lowest BCUT2D eigenvalue weighted by atomic mass is 9.81. The number of carbonyl (C=O) groups is 2. The van der Waals surface area contributed by atoms with Crippen molar-refractivity contribution in [3.05, 3.63) is 65.4 Å². The van der Waals surface area contributed by atoms with Gasteiger partial charge in [-0.05, 0) is 36.2 Å². The summed E-state index contributed by atoms with van der Waals surface area (Å²) in [6, 6.07) is 14.1. The highest BCUT2D eigenvalue weighted by Crippen LogP contribution is 2.48. The van der Waals surface area contributed by atoms with Crippen LogP contribution in [-0.2, 0) is 11.2 Å². The van der Waals surface area contributed by atoms with E-state index >= 15 is 0 Å². The van der Waals surface area contributed by atoms with Crippen molar-refractivity contribution in [1.29, 1.82) is 0 Å². The molecule has 3 aromatic rings. The zero-order valence-corrected chi connectivity index (χ0v) is 15.1. The molecule has 1 saturated heterocycles. The Morgan fingerprint density at radius 2 is 1.93 bits per heavy atom. The van der Waals surface area contributed by atoms with Gasteiger partial charge < -0.3 is 10.1 Å². The van der Waals surface area contributed by atoms with Gasteiger partial charge in [-0.15, -0.1) is 0 Å². The number of para-hydroxylation sites is 1. The van der Waals surface area contributed by atoms with Crippen molar-refractivity contribution < 1.29 is 14.7 Å². The summed E-state index contributed by atoms with van der Waals surface area (Å²) in [6.45, 7) is 1.83. The number of aromatic hydroxyl groups is 1. The third-order valence-corrected chi connectivity index (χ3v) is 5.88. The zero-order chi connectivity index (χ0) is 18.9. The number of urea groups is 1. The van der Waals surface area contributed by atoms with E-state index in [0.717, 1.165) is 27.7 Å². The Balaban J connectivity index is 1.83. The molecule has 1 aromatic heterocycles. The Morgan fingerprint density at radius 3 is 2.70 bits per heavy atom. The molecular formula is C21H19N3O3. The third kappa shape index (κ3) is 1.95. The number of amides is 3. The van der Waals surface area contributed by atoms with Crippen molar-refractivity contribution in [3.63, 3.8) is 0 Å². The number of hydrogen-bond acceptors (Lipinski definition) is 3. The maximum atomic E-state index is 13.0.